The lowest BCUT2D eigenvalue weighted by molar-refractivity contribution is -0.308. The van der Waals surface area contributed by atoms with Crippen LogP contribution in [0.5, 0.6) is 0 Å². The van der Waals surface area contributed by atoms with E-state index in [0.717, 1.165) is 27.7 Å². The summed E-state index contributed by atoms with van der Waals surface area (Å²) in [7, 11) is 0. The summed E-state index contributed by atoms with van der Waals surface area (Å²) >= 11 is 0. The quantitative estimate of drug-likeness (QED) is 0.517. The second kappa shape index (κ2) is 6.84. The van der Waals surface area contributed by atoms with Gasteiger partial charge in [-0.3, -0.25) is 19.2 Å². The van der Waals surface area contributed by atoms with E-state index < -0.39 is 54.4 Å². The molecule has 0 spiro atoms. The Hall–Kier alpha value is -2.00. The molecular weight excluding hydrogens is 300 g/mol. The van der Waals surface area contributed by atoms with Gasteiger partial charge >= 0.3 is 17.9 Å². The molecule has 1 unspecified atom stereocenters. The molecule has 0 aromatic heterocycles. The van der Waals surface area contributed by atoms with Crippen molar-refractivity contribution in [2.24, 2.45) is 0 Å². The highest BCUT2D eigenvalue weighted by atomic mass is 16.7. The molecule has 1 rings (SSSR count). The Labute approximate surface area is 126 Å². The van der Waals surface area contributed by atoms with Crippen molar-refractivity contribution >= 4 is 23.7 Å². The van der Waals surface area contributed by atoms with E-state index in [1.165, 1.54) is 0 Å². The third-order valence-electron chi connectivity index (χ3n) is 2.93. The van der Waals surface area contributed by atoms with Gasteiger partial charge in [-0.05, 0) is 0 Å². The zero-order valence-electron chi connectivity index (χ0n) is 12.7. The second-order valence-corrected chi connectivity index (χ2v) is 4.82. The first-order valence-electron chi connectivity index (χ1n) is 6.47. The molecule has 22 heavy (non-hydrogen) atoms. The Bertz CT molecular complexity index is 486. The van der Waals surface area contributed by atoms with Crippen LogP contribution in [0.15, 0.2) is 0 Å². The average molecular weight is 318 g/mol. The van der Waals surface area contributed by atoms with Crippen molar-refractivity contribution in [3.05, 3.63) is 0 Å². The van der Waals surface area contributed by atoms with E-state index in [4.69, 9.17) is 18.9 Å². The fourth-order valence-electron chi connectivity index (χ4n) is 2.08. The van der Waals surface area contributed by atoms with Gasteiger partial charge in [-0.15, -0.1) is 0 Å². The number of esters is 3. The molecule has 0 radical (unpaired) electrons. The minimum Gasteiger partial charge on any atom is -0.456 e. The smallest absolute Gasteiger partial charge is 0.303 e. The van der Waals surface area contributed by atoms with Crippen LogP contribution in [0, 0.1) is 0 Å². The topological polar surface area (TPSA) is 125 Å². The van der Waals surface area contributed by atoms with Crippen LogP contribution < -0.4 is 0 Å². The largest absolute Gasteiger partial charge is 0.456 e. The Morgan fingerprint density at radius 1 is 0.955 bits per heavy atom. The van der Waals surface area contributed by atoms with Gasteiger partial charge in [0, 0.05) is 27.7 Å². The van der Waals surface area contributed by atoms with E-state index in [0.29, 0.717) is 0 Å². The van der Waals surface area contributed by atoms with Crippen LogP contribution in [0.2, 0.25) is 0 Å². The van der Waals surface area contributed by atoms with Gasteiger partial charge in [0.1, 0.15) is 0 Å². The lowest BCUT2D eigenvalue weighted by atomic mass is 9.93. The lowest BCUT2D eigenvalue weighted by Crippen LogP contribution is -2.66. The molecule has 0 aromatic carbocycles. The van der Waals surface area contributed by atoms with E-state index in [2.05, 4.69) is 0 Å². The van der Waals surface area contributed by atoms with Gasteiger partial charge in [0.25, 0.3) is 5.79 Å². The number of carbonyl (C=O) groups is 4. The summed E-state index contributed by atoms with van der Waals surface area (Å²) in [5, 5.41) is 10.3. The highest BCUT2D eigenvalue weighted by Gasteiger charge is 2.58. The molecule has 4 atom stereocenters. The van der Waals surface area contributed by atoms with Crippen molar-refractivity contribution in [3.8, 4) is 0 Å². The minimum atomic E-state index is -2.50. The maximum Gasteiger partial charge on any atom is 0.303 e. The standard InChI is InChI=1S/C13H18O9/c1-6(14)13(18)12(22-9(4)17)11(21-8(3)16)10(5-19-13)20-7(2)15/h10-12,18H,5H2,1-4H3/t10-,11-,12+,13?/m1/s1. The highest BCUT2D eigenvalue weighted by Crippen LogP contribution is 2.31. The van der Waals surface area contributed by atoms with E-state index >= 15 is 0 Å². The fourth-order valence-corrected chi connectivity index (χ4v) is 2.08. The molecular formula is C13H18O9. The molecule has 124 valence electrons. The van der Waals surface area contributed by atoms with Gasteiger partial charge in [-0.25, -0.2) is 0 Å². The predicted molar refractivity (Wildman–Crippen MR) is 68.2 cm³/mol. The number of hydrogen-bond donors (Lipinski definition) is 1. The van der Waals surface area contributed by atoms with Gasteiger partial charge in [0.05, 0.1) is 6.61 Å². The third-order valence-corrected chi connectivity index (χ3v) is 2.93. The number of carbonyl (C=O) groups excluding carboxylic acids is 4. The molecule has 9 heteroatoms. The summed E-state index contributed by atoms with van der Waals surface area (Å²) in [4.78, 5) is 45.2. The fraction of sp³-hybridized carbons (Fsp3) is 0.692. The molecule has 1 heterocycles. The summed E-state index contributed by atoms with van der Waals surface area (Å²) in [6.45, 7) is 3.86. The summed E-state index contributed by atoms with van der Waals surface area (Å²) < 4.78 is 19.8. The number of ether oxygens (including phenoxy) is 4. The van der Waals surface area contributed by atoms with E-state index in [1.807, 2.05) is 0 Å². The molecule has 1 saturated heterocycles. The van der Waals surface area contributed by atoms with Crippen LogP contribution in [0.4, 0.5) is 0 Å². The lowest BCUT2D eigenvalue weighted by Gasteiger charge is -2.43. The first-order chi connectivity index (χ1) is 10.1. The van der Waals surface area contributed by atoms with Gasteiger partial charge < -0.3 is 24.1 Å². The zero-order chi connectivity index (χ0) is 17.1. The van der Waals surface area contributed by atoms with Crippen molar-refractivity contribution in [1.29, 1.82) is 0 Å². The molecule has 1 fully saturated rings. The van der Waals surface area contributed by atoms with Crippen molar-refractivity contribution in [2.75, 3.05) is 6.61 Å². The monoisotopic (exact) mass is 318 g/mol. The zero-order valence-corrected chi connectivity index (χ0v) is 12.7. The Balaban J connectivity index is 3.21. The predicted octanol–water partition coefficient (Wildman–Crippen LogP) is -0.911. The van der Waals surface area contributed by atoms with E-state index in [1.54, 1.807) is 0 Å². The van der Waals surface area contributed by atoms with Crippen LogP contribution in [-0.4, -0.2) is 59.5 Å². The number of rotatable bonds is 4. The first-order valence-corrected chi connectivity index (χ1v) is 6.47. The molecule has 1 N–H and O–H groups in total. The number of Topliss-reactive ketones (excluding diaryl/α,β-unsaturated/α-hetero) is 1. The van der Waals surface area contributed by atoms with Crippen molar-refractivity contribution < 1.29 is 43.2 Å². The SMILES string of the molecule is CC(=O)O[C@@H]1[C@H](OC(C)=O)COC(O)(C(C)=O)[C@H]1OC(C)=O. The van der Waals surface area contributed by atoms with Gasteiger partial charge in [-0.2, -0.15) is 0 Å². The highest BCUT2D eigenvalue weighted by molar-refractivity contribution is 5.84. The Morgan fingerprint density at radius 3 is 1.86 bits per heavy atom. The number of ketones is 1. The number of aliphatic hydroxyl groups is 1. The summed E-state index contributed by atoms with van der Waals surface area (Å²) in [6, 6.07) is 0. The Morgan fingerprint density at radius 2 is 1.45 bits per heavy atom. The summed E-state index contributed by atoms with van der Waals surface area (Å²) in [5.74, 6) is -5.65. The molecule has 0 amide bonds. The van der Waals surface area contributed by atoms with Crippen LogP contribution in [0.1, 0.15) is 27.7 Å². The summed E-state index contributed by atoms with van der Waals surface area (Å²) in [6.07, 6.45) is -4.18. The molecule has 1 aliphatic rings. The molecule has 0 saturated carbocycles. The van der Waals surface area contributed by atoms with Crippen LogP contribution in [0.25, 0.3) is 0 Å². The van der Waals surface area contributed by atoms with Crippen molar-refractivity contribution in [3.63, 3.8) is 0 Å². The minimum absolute atomic E-state index is 0.411. The van der Waals surface area contributed by atoms with E-state index in [9.17, 15) is 24.3 Å². The maximum absolute atomic E-state index is 11.7. The van der Waals surface area contributed by atoms with E-state index in [-0.39, 0.29) is 0 Å². The van der Waals surface area contributed by atoms with Crippen LogP contribution in [-0.2, 0) is 38.1 Å². The average Bonchev–Trinajstić information content (AvgIpc) is 2.35. The second-order valence-electron chi connectivity index (χ2n) is 4.82. The summed E-state index contributed by atoms with van der Waals surface area (Å²) in [5.41, 5.74) is 0. The molecule has 9 nitrogen and oxygen atoms in total. The van der Waals surface area contributed by atoms with Crippen LogP contribution >= 0.6 is 0 Å². The van der Waals surface area contributed by atoms with Crippen LogP contribution in [0.3, 0.4) is 0 Å². The van der Waals surface area contributed by atoms with Gasteiger partial charge in [0.15, 0.2) is 18.0 Å². The first kappa shape index (κ1) is 18.1. The van der Waals surface area contributed by atoms with Gasteiger partial charge in [0.2, 0.25) is 6.10 Å². The Kier molecular flexibility index (Phi) is 5.61. The van der Waals surface area contributed by atoms with Crippen molar-refractivity contribution in [1.82, 2.24) is 0 Å². The third kappa shape index (κ3) is 4.01. The molecule has 0 bridgehead atoms. The van der Waals surface area contributed by atoms with Crippen molar-refractivity contribution in [2.45, 2.75) is 51.8 Å². The normalized spacial score (nSPS) is 31.0. The molecule has 0 aromatic rings. The molecule has 0 aliphatic carbocycles. The number of hydrogen-bond acceptors (Lipinski definition) is 9. The van der Waals surface area contributed by atoms with Gasteiger partial charge in [-0.1, -0.05) is 0 Å². The molecule has 1 aliphatic heterocycles. The maximum atomic E-state index is 11.7.